The van der Waals surface area contributed by atoms with E-state index in [-0.39, 0.29) is 18.4 Å². The highest BCUT2D eigenvalue weighted by Gasteiger charge is 2.16. The molecule has 17 heavy (non-hydrogen) atoms. The van der Waals surface area contributed by atoms with E-state index in [0.29, 0.717) is 0 Å². The van der Waals surface area contributed by atoms with Crippen molar-refractivity contribution in [3.8, 4) is 5.75 Å². The Labute approximate surface area is 101 Å². The van der Waals surface area contributed by atoms with Crippen molar-refractivity contribution in [3.63, 3.8) is 0 Å². The quantitative estimate of drug-likeness (QED) is 0.808. The SMILES string of the molecule is COC(=O)CC(N)c1ccc2c(c1)OCCC2. The summed E-state index contributed by atoms with van der Waals surface area (Å²) in [5.41, 5.74) is 8.07. The van der Waals surface area contributed by atoms with Crippen molar-refractivity contribution in [2.45, 2.75) is 25.3 Å². The average Bonchev–Trinajstić information content (AvgIpc) is 2.38. The van der Waals surface area contributed by atoms with Crippen molar-refractivity contribution >= 4 is 5.97 Å². The first-order valence-electron chi connectivity index (χ1n) is 5.78. The fourth-order valence-electron chi connectivity index (χ4n) is 1.97. The molecular formula is C13H17NO3. The maximum atomic E-state index is 11.2. The van der Waals surface area contributed by atoms with Crippen molar-refractivity contribution in [1.82, 2.24) is 0 Å². The van der Waals surface area contributed by atoms with Crippen LogP contribution in [0.3, 0.4) is 0 Å². The Morgan fingerprint density at radius 2 is 2.41 bits per heavy atom. The summed E-state index contributed by atoms with van der Waals surface area (Å²) in [5.74, 6) is 0.602. The molecule has 1 aromatic carbocycles. The molecule has 0 saturated heterocycles. The number of fused-ring (bicyclic) bond motifs is 1. The van der Waals surface area contributed by atoms with Crippen molar-refractivity contribution in [2.24, 2.45) is 5.73 Å². The molecule has 1 heterocycles. The van der Waals surface area contributed by atoms with Gasteiger partial charge in [-0.2, -0.15) is 0 Å². The lowest BCUT2D eigenvalue weighted by Gasteiger charge is -2.19. The molecule has 0 amide bonds. The highest BCUT2D eigenvalue weighted by atomic mass is 16.5. The van der Waals surface area contributed by atoms with E-state index in [1.165, 1.54) is 12.7 Å². The standard InChI is InChI=1S/C13H17NO3/c1-16-13(15)8-11(14)10-5-4-9-3-2-6-17-12(9)7-10/h4-5,7,11H,2-3,6,8,14H2,1H3. The van der Waals surface area contributed by atoms with E-state index >= 15 is 0 Å². The minimum atomic E-state index is -0.335. The fourth-order valence-corrected chi connectivity index (χ4v) is 1.97. The van der Waals surface area contributed by atoms with E-state index in [1.54, 1.807) is 0 Å². The number of carbonyl (C=O) groups excluding carboxylic acids is 1. The lowest BCUT2D eigenvalue weighted by molar-refractivity contribution is -0.141. The molecule has 1 atom stereocenters. The number of methoxy groups -OCH3 is 1. The molecule has 0 aliphatic carbocycles. The van der Waals surface area contributed by atoms with E-state index in [1.807, 2.05) is 18.2 Å². The highest BCUT2D eigenvalue weighted by Crippen LogP contribution is 2.28. The average molecular weight is 235 g/mol. The summed E-state index contributed by atoms with van der Waals surface area (Å²) in [4.78, 5) is 11.2. The molecule has 0 radical (unpaired) electrons. The molecule has 1 aliphatic rings. The molecule has 2 N–H and O–H groups in total. The van der Waals surface area contributed by atoms with Gasteiger partial charge in [-0.1, -0.05) is 12.1 Å². The van der Waals surface area contributed by atoms with Gasteiger partial charge in [0.05, 0.1) is 20.1 Å². The second kappa shape index (κ2) is 5.19. The van der Waals surface area contributed by atoms with E-state index in [9.17, 15) is 4.79 Å². The molecule has 0 bridgehead atoms. The Morgan fingerprint density at radius 3 is 3.18 bits per heavy atom. The summed E-state index contributed by atoms with van der Waals surface area (Å²) < 4.78 is 10.2. The molecule has 0 saturated carbocycles. The molecule has 0 fully saturated rings. The van der Waals surface area contributed by atoms with E-state index in [0.717, 1.165) is 30.8 Å². The highest BCUT2D eigenvalue weighted by molar-refractivity contribution is 5.70. The van der Waals surface area contributed by atoms with Crippen molar-refractivity contribution in [2.75, 3.05) is 13.7 Å². The first kappa shape index (κ1) is 11.9. The monoisotopic (exact) mass is 235 g/mol. The van der Waals surface area contributed by atoms with Crippen LogP contribution in [0.15, 0.2) is 18.2 Å². The third-order valence-electron chi connectivity index (χ3n) is 2.98. The first-order chi connectivity index (χ1) is 8.20. The third-order valence-corrected chi connectivity index (χ3v) is 2.98. The summed E-state index contributed by atoms with van der Waals surface area (Å²) in [7, 11) is 1.37. The third kappa shape index (κ3) is 2.77. The van der Waals surface area contributed by atoms with Crippen LogP contribution in [0, 0.1) is 0 Å². The zero-order valence-electron chi connectivity index (χ0n) is 9.94. The second-order valence-electron chi connectivity index (χ2n) is 4.21. The number of ether oxygens (including phenoxy) is 2. The van der Waals surface area contributed by atoms with Crippen molar-refractivity contribution in [3.05, 3.63) is 29.3 Å². The van der Waals surface area contributed by atoms with Crippen LogP contribution in [-0.2, 0) is 16.0 Å². The molecule has 92 valence electrons. The number of carbonyl (C=O) groups is 1. The molecule has 1 aromatic rings. The van der Waals surface area contributed by atoms with Gasteiger partial charge in [0, 0.05) is 6.04 Å². The second-order valence-corrected chi connectivity index (χ2v) is 4.21. The van der Waals surface area contributed by atoms with Crippen molar-refractivity contribution < 1.29 is 14.3 Å². The molecule has 1 unspecified atom stereocenters. The van der Waals surface area contributed by atoms with Gasteiger partial charge >= 0.3 is 5.97 Å². The minimum Gasteiger partial charge on any atom is -0.493 e. The molecule has 4 nitrogen and oxygen atoms in total. The first-order valence-corrected chi connectivity index (χ1v) is 5.78. The van der Waals surface area contributed by atoms with Gasteiger partial charge in [-0.25, -0.2) is 0 Å². The number of benzene rings is 1. The Morgan fingerprint density at radius 1 is 1.59 bits per heavy atom. The largest absolute Gasteiger partial charge is 0.493 e. The van der Waals surface area contributed by atoms with Gasteiger partial charge in [0.1, 0.15) is 5.75 Å². The van der Waals surface area contributed by atoms with E-state index in [4.69, 9.17) is 10.5 Å². The number of rotatable bonds is 3. The van der Waals surface area contributed by atoms with Crippen LogP contribution in [0.1, 0.15) is 30.0 Å². The molecule has 4 heteroatoms. The van der Waals surface area contributed by atoms with Crippen LogP contribution in [0.2, 0.25) is 0 Å². The normalized spacial score (nSPS) is 15.6. The lowest BCUT2D eigenvalue weighted by atomic mass is 9.99. The summed E-state index contributed by atoms with van der Waals surface area (Å²) in [5, 5.41) is 0. The number of esters is 1. The van der Waals surface area contributed by atoms with Gasteiger partial charge in [0.2, 0.25) is 0 Å². The van der Waals surface area contributed by atoms with Crippen LogP contribution in [0.4, 0.5) is 0 Å². The maximum absolute atomic E-state index is 11.2. The summed E-state index contributed by atoms with van der Waals surface area (Å²) in [6.45, 7) is 0.753. The van der Waals surface area contributed by atoms with E-state index < -0.39 is 0 Å². The number of hydrogen-bond donors (Lipinski definition) is 1. The molecule has 0 spiro atoms. The number of hydrogen-bond acceptors (Lipinski definition) is 4. The lowest BCUT2D eigenvalue weighted by Crippen LogP contribution is -2.17. The van der Waals surface area contributed by atoms with Gasteiger partial charge in [-0.15, -0.1) is 0 Å². The summed E-state index contributed by atoms with van der Waals surface area (Å²) in [6.07, 6.45) is 2.29. The summed E-state index contributed by atoms with van der Waals surface area (Å²) >= 11 is 0. The fraction of sp³-hybridized carbons (Fsp3) is 0.462. The predicted molar refractivity (Wildman–Crippen MR) is 63.8 cm³/mol. The van der Waals surface area contributed by atoms with E-state index in [2.05, 4.69) is 4.74 Å². The van der Waals surface area contributed by atoms with Crippen LogP contribution in [-0.4, -0.2) is 19.7 Å². The number of aryl methyl sites for hydroxylation is 1. The van der Waals surface area contributed by atoms with Crippen LogP contribution in [0.5, 0.6) is 5.75 Å². The topological polar surface area (TPSA) is 61.5 Å². The zero-order valence-corrected chi connectivity index (χ0v) is 9.94. The molecule has 2 rings (SSSR count). The molecular weight excluding hydrogens is 218 g/mol. The Bertz CT molecular complexity index is 417. The van der Waals surface area contributed by atoms with Crippen LogP contribution in [0.25, 0.3) is 0 Å². The maximum Gasteiger partial charge on any atom is 0.307 e. The van der Waals surface area contributed by atoms with Gasteiger partial charge in [0.25, 0.3) is 0 Å². The van der Waals surface area contributed by atoms with Gasteiger partial charge in [-0.3, -0.25) is 4.79 Å². The Hall–Kier alpha value is -1.55. The predicted octanol–water partition coefficient (Wildman–Crippen LogP) is 1.57. The number of nitrogens with two attached hydrogens (primary N) is 1. The van der Waals surface area contributed by atoms with Crippen LogP contribution < -0.4 is 10.5 Å². The Kier molecular flexibility index (Phi) is 3.64. The van der Waals surface area contributed by atoms with Crippen molar-refractivity contribution in [1.29, 1.82) is 0 Å². The van der Waals surface area contributed by atoms with Crippen LogP contribution >= 0.6 is 0 Å². The van der Waals surface area contributed by atoms with Gasteiger partial charge < -0.3 is 15.2 Å². The molecule has 1 aliphatic heterocycles. The Balaban J connectivity index is 2.13. The van der Waals surface area contributed by atoms with Gasteiger partial charge in [0.15, 0.2) is 0 Å². The zero-order chi connectivity index (χ0) is 12.3. The smallest absolute Gasteiger partial charge is 0.307 e. The summed E-state index contributed by atoms with van der Waals surface area (Å²) in [6, 6.07) is 5.59. The minimum absolute atomic E-state index is 0.190. The van der Waals surface area contributed by atoms with Gasteiger partial charge in [-0.05, 0) is 30.0 Å². The molecule has 0 aromatic heterocycles.